The second kappa shape index (κ2) is 13.1. The van der Waals surface area contributed by atoms with E-state index < -0.39 is 0 Å². The number of nitrogens with zero attached hydrogens (tertiary/aromatic N) is 4. The summed E-state index contributed by atoms with van der Waals surface area (Å²) >= 11 is 0. The van der Waals surface area contributed by atoms with Gasteiger partial charge in [0.05, 0.1) is 39.7 Å². The van der Waals surface area contributed by atoms with Gasteiger partial charge >= 0.3 is 0 Å². The van der Waals surface area contributed by atoms with Crippen molar-refractivity contribution in [1.82, 2.24) is 19.4 Å². The highest BCUT2D eigenvalue weighted by molar-refractivity contribution is 5.93. The van der Waals surface area contributed by atoms with Crippen molar-refractivity contribution in [2.75, 3.05) is 65.5 Å². The molecule has 0 saturated carbocycles. The fourth-order valence-electron chi connectivity index (χ4n) is 4.25. The van der Waals surface area contributed by atoms with Crippen LogP contribution in [0.25, 0.3) is 16.9 Å². The number of ether oxygens (including phenoxy) is 3. The van der Waals surface area contributed by atoms with E-state index in [0.717, 1.165) is 35.8 Å². The van der Waals surface area contributed by atoms with Crippen molar-refractivity contribution in [1.29, 1.82) is 0 Å². The first-order valence-electron chi connectivity index (χ1n) is 12.8. The summed E-state index contributed by atoms with van der Waals surface area (Å²) in [6, 6.07) is 15.0. The van der Waals surface area contributed by atoms with Crippen LogP contribution in [-0.2, 0) is 14.3 Å². The molecule has 0 spiro atoms. The van der Waals surface area contributed by atoms with E-state index >= 15 is 0 Å². The molecule has 1 aliphatic rings. The second-order valence-electron chi connectivity index (χ2n) is 8.92. The molecule has 1 aromatic heterocycles. The van der Waals surface area contributed by atoms with E-state index in [1.54, 1.807) is 26.0 Å². The van der Waals surface area contributed by atoms with Gasteiger partial charge in [0.15, 0.2) is 0 Å². The predicted molar refractivity (Wildman–Crippen MR) is 145 cm³/mol. The standard InChI is InChI=1S/C28H35N5O5/c1-4-27(35)32(14-13-31-15-17-38-18-16-31)20-26(34)30-28-29-25(21-5-9-23(36-2)10-6-21)19-33(28)22-7-11-24(37-3)12-8-22/h5-12,19H,4,13-18,20H2,1-3H3,(H,29,30,34). The van der Waals surface area contributed by atoms with Crippen LogP contribution in [0.3, 0.4) is 0 Å². The van der Waals surface area contributed by atoms with Crippen LogP contribution >= 0.6 is 0 Å². The van der Waals surface area contributed by atoms with Crippen molar-refractivity contribution in [3.63, 3.8) is 0 Å². The largest absolute Gasteiger partial charge is 0.497 e. The number of methoxy groups -OCH3 is 2. The number of hydrogen-bond acceptors (Lipinski definition) is 7. The molecule has 3 aromatic rings. The first kappa shape index (κ1) is 27.2. The molecule has 38 heavy (non-hydrogen) atoms. The third kappa shape index (κ3) is 6.90. The molecule has 10 heteroatoms. The van der Waals surface area contributed by atoms with Crippen LogP contribution in [0.15, 0.2) is 54.7 Å². The van der Waals surface area contributed by atoms with Crippen molar-refractivity contribution >= 4 is 17.8 Å². The molecule has 0 bridgehead atoms. The topological polar surface area (TPSA) is 98.2 Å². The Morgan fingerprint density at radius 3 is 2.24 bits per heavy atom. The molecule has 0 unspecified atom stereocenters. The molecule has 1 N–H and O–H groups in total. The molecule has 10 nitrogen and oxygen atoms in total. The van der Waals surface area contributed by atoms with Crippen LogP contribution in [0.5, 0.6) is 11.5 Å². The first-order chi connectivity index (χ1) is 18.5. The summed E-state index contributed by atoms with van der Waals surface area (Å²) in [4.78, 5) is 34.4. The van der Waals surface area contributed by atoms with Gasteiger partial charge in [-0.05, 0) is 48.5 Å². The van der Waals surface area contributed by atoms with Crippen LogP contribution in [0.1, 0.15) is 13.3 Å². The lowest BCUT2D eigenvalue weighted by atomic mass is 10.1. The molecule has 2 amide bonds. The van der Waals surface area contributed by atoms with Crippen LogP contribution in [-0.4, -0.2) is 91.3 Å². The quantitative estimate of drug-likeness (QED) is 0.414. The van der Waals surface area contributed by atoms with Crippen molar-refractivity contribution in [2.24, 2.45) is 0 Å². The summed E-state index contributed by atoms with van der Waals surface area (Å²) in [6.45, 7) is 5.96. The third-order valence-electron chi connectivity index (χ3n) is 6.47. The van der Waals surface area contributed by atoms with Gasteiger partial charge < -0.3 is 19.1 Å². The normalized spacial score (nSPS) is 13.7. The van der Waals surface area contributed by atoms with Gasteiger partial charge in [0, 0.05) is 50.0 Å². The van der Waals surface area contributed by atoms with Gasteiger partial charge in [0.1, 0.15) is 11.5 Å². The summed E-state index contributed by atoms with van der Waals surface area (Å²) in [5.74, 6) is 1.46. The fraction of sp³-hybridized carbons (Fsp3) is 0.393. The Hall–Kier alpha value is -3.89. The highest BCUT2D eigenvalue weighted by Crippen LogP contribution is 2.27. The van der Waals surface area contributed by atoms with Gasteiger partial charge in [-0.2, -0.15) is 0 Å². The van der Waals surface area contributed by atoms with E-state index in [1.807, 2.05) is 59.3 Å². The monoisotopic (exact) mass is 521 g/mol. The predicted octanol–water partition coefficient (Wildman–Crippen LogP) is 3.07. The minimum Gasteiger partial charge on any atom is -0.497 e. The number of aromatic nitrogens is 2. The fourth-order valence-corrected chi connectivity index (χ4v) is 4.25. The van der Waals surface area contributed by atoms with E-state index in [2.05, 4.69) is 10.2 Å². The van der Waals surface area contributed by atoms with Crippen LogP contribution in [0, 0.1) is 0 Å². The molecule has 0 atom stereocenters. The molecule has 0 radical (unpaired) electrons. The molecule has 2 aromatic carbocycles. The Labute approximate surface area is 223 Å². The molecule has 2 heterocycles. The highest BCUT2D eigenvalue weighted by atomic mass is 16.5. The number of carbonyl (C=O) groups is 2. The molecule has 1 aliphatic heterocycles. The van der Waals surface area contributed by atoms with Crippen LogP contribution in [0.2, 0.25) is 0 Å². The van der Waals surface area contributed by atoms with Gasteiger partial charge in [0.2, 0.25) is 17.8 Å². The molecule has 0 aliphatic carbocycles. The van der Waals surface area contributed by atoms with Gasteiger partial charge in [-0.3, -0.25) is 24.4 Å². The van der Waals surface area contributed by atoms with Gasteiger partial charge in [-0.15, -0.1) is 0 Å². The molecule has 1 fully saturated rings. The number of anilines is 1. The van der Waals surface area contributed by atoms with Crippen molar-refractivity contribution in [3.05, 3.63) is 54.7 Å². The van der Waals surface area contributed by atoms with Crippen molar-refractivity contribution < 1.29 is 23.8 Å². The number of amides is 2. The number of carbonyl (C=O) groups excluding carboxylic acids is 2. The Morgan fingerprint density at radius 2 is 1.63 bits per heavy atom. The average molecular weight is 522 g/mol. The Bertz CT molecular complexity index is 1200. The van der Waals surface area contributed by atoms with E-state index in [0.29, 0.717) is 44.4 Å². The van der Waals surface area contributed by atoms with Crippen molar-refractivity contribution in [3.8, 4) is 28.4 Å². The number of benzene rings is 2. The molecule has 4 rings (SSSR count). The summed E-state index contributed by atoms with van der Waals surface area (Å²) in [7, 11) is 3.23. The highest BCUT2D eigenvalue weighted by Gasteiger charge is 2.20. The minimum absolute atomic E-state index is 0.0512. The summed E-state index contributed by atoms with van der Waals surface area (Å²) in [6.07, 6.45) is 2.20. The summed E-state index contributed by atoms with van der Waals surface area (Å²) < 4.78 is 17.8. The second-order valence-corrected chi connectivity index (χ2v) is 8.92. The zero-order valence-electron chi connectivity index (χ0n) is 22.2. The average Bonchev–Trinajstić information content (AvgIpc) is 3.38. The lowest BCUT2D eigenvalue weighted by molar-refractivity contribution is -0.134. The van der Waals surface area contributed by atoms with E-state index in [9.17, 15) is 9.59 Å². The van der Waals surface area contributed by atoms with E-state index in [4.69, 9.17) is 19.2 Å². The van der Waals surface area contributed by atoms with Gasteiger partial charge in [-0.25, -0.2) is 4.98 Å². The maximum absolute atomic E-state index is 13.2. The van der Waals surface area contributed by atoms with Crippen molar-refractivity contribution in [2.45, 2.75) is 13.3 Å². The molecular weight excluding hydrogens is 486 g/mol. The number of nitrogens with one attached hydrogen (secondary N) is 1. The molecular formula is C28H35N5O5. The van der Waals surface area contributed by atoms with E-state index in [1.165, 1.54) is 0 Å². The number of morpholine rings is 1. The summed E-state index contributed by atoms with van der Waals surface area (Å²) in [5, 5.41) is 2.93. The number of imidazole rings is 1. The zero-order valence-corrected chi connectivity index (χ0v) is 22.2. The zero-order chi connectivity index (χ0) is 26.9. The Morgan fingerprint density at radius 1 is 1.00 bits per heavy atom. The SMILES string of the molecule is CCC(=O)N(CCN1CCOCC1)CC(=O)Nc1nc(-c2ccc(OC)cc2)cn1-c1ccc(OC)cc1. The first-order valence-corrected chi connectivity index (χ1v) is 12.8. The third-order valence-corrected chi connectivity index (χ3v) is 6.47. The van der Waals surface area contributed by atoms with Gasteiger partial charge in [-0.1, -0.05) is 6.92 Å². The lowest BCUT2D eigenvalue weighted by Crippen LogP contribution is -2.45. The smallest absolute Gasteiger partial charge is 0.246 e. The summed E-state index contributed by atoms with van der Waals surface area (Å²) in [5.41, 5.74) is 2.37. The van der Waals surface area contributed by atoms with Crippen LogP contribution in [0.4, 0.5) is 5.95 Å². The number of rotatable bonds is 11. The lowest BCUT2D eigenvalue weighted by Gasteiger charge is -2.29. The Balaban J connectivity index is 1.54. The van der Waals surface area contributed by atoms with Crippen LogP contribution < -0.4 is 14.8 Å². The molecule has 1 saturated heterocycles. The molecule has 202 valence electrons. The number of hydrogen-bond donors (Lipinski definition) is 1. The maximum Gasteiger partial charge on any atom is 0.246 e. The Kier molecular flexibility index (Phi) is 9.34. The van der Waals surface area contributed by atoms with E-state index in [-0.39, 0.29) is 18.4 Å². The maximum atomic E-state index is 13.2. The van der Waals surface area contributed by atoms with Gasteiger partial charge in [0.25, 0.3) is 0 Å². The minimum atomic E-state index is -0.310.